The van der Waals surface area contributed by atoms with E-state index in [1.165, 1.54) is 19.1 Å². The Hall–Kier alpha value is -2.26. The van der Waals surface area contributed by atoms with Gasteiger partial charge in [0.15, 0.2) is 5.67 Å². The predicted molar refractivity (Wildman–Crippen MR) is 93.5 cm³/mol. The zero-order chi connectivity index (χ0) is 20.5. The molecule has 0 radical (unpaired) electrons. The van der Waals surface area contributed by atoms with Crippen molar-refractivity contribution in [3.8, 4) is 0 Å². The number of ether oxygens (including phenoxy) is 2. The molecule has 3 N–H and O–H groups in total. The lowest BCUT2D eigenvalue weighted by molar-refractivity contribution is -0.114. The van der Waals surface area contributed by atoms with Crippen LogP contribution >= 0.6 is 0 Å². The number of carbonyl (C=O) groups is 2. The third-order valence-corrected chi connectivity index (χ3v) is 4.13. The van der Waals surface area contributed by atoms with Crippen molar-refractivity contribution >= 4 is 17.7 Å². The number of alkyl carbamates (subject to hydrolysis) is 1. The fraction of sp³-hybridized carbons (Fsp3) is 0.556. The Bertz CT molecular complexity index is 737. The van der Waals surface area contributed by atoms with Crippen LogP contribution in [0, 0.1) is 5.82 Å². The van der Waals surface area contributed by atoms with Crippen LogP contribution < -0.4 is 10.6 Å². The van der Waals surface area contributed by atoms with Crippen molar-refractivity contribution in [1.82, 2.24) is 5.32 Å². The Kier molecular flexibility index (Phi) is 5.77. The van der Waals surface area contributed by atoms with Gasteiger partial charge in [-0.3, -0.25) is 4.79 Å². The molecule has 9 heteroatoms. The summed E-state index contributed by atoms with van der Waals surface area (Å²) in [5.74, 6) is -1.24. The number of benzene rings is 1. The van der Waals surface area contributed by atoms with Crippen LogP contribution in [0.2, 0.25) is 0 Å². The molecule has 1 aliphatic heterocycles. The van der Waals surface area contributed by atoms with E-state index < -0.39 is 54.4 Å². The summed E-state index contributed by atoms with van der Waals surface area (Å²) >= 11 is 0. The molecule has 0 spiro atoms. The number of carbonyl (C=O) groups excluding carboxylic acids is 2. The third kappa shape index (κ3) is 4.36. The van der Waals surface area contributed by atoms with E-state index in [-0.39, 0.29) is 11.3 Å². The summed E-state index contributed by atoms with van der Waals surface area (Å²) in [6.07, 6.45) is -0.993. The lowest BCUT2D eigenvalue weighted by Crippen LogP contribution is -2.61. The molecule has 1 aromatic carbocycles. The first kappa shape index (κ1) is 21.0. The number of anilines is 1. The van der Waals surface area contributed by atoms with E-state index in [0.717, 1.165) is 6.07 Å². The van der Waals surface area contributed by atoms with Gasteiger partial charge in [0.2, 0.25) is 5.91 Å². The third-order valence-electron chi connectivity index (χ3n) is 4.13. The Morgan fingerprint density at radius 2 is 2.00 bits per heavy atom. The molecule has 7 nitrogen and oxygen atoms in total. The number of hydrogen-bond acceptors (Lipinski definition) is 5. The summed E-state index contributed by atoms with van der Waals surface area (Å²) in [6, 6.07) is 3.54. The number of alkyl halides is 1. The first-order chi connectivity index (χ1) is 12.4. The molecule has 1 heterocycles. The molecule has 2 amide bonds. The molecule has 2 rings (SSSR count). The van der Waals surface area contributed by atoms with Crippen LogP contribution in [0.1, 0.15) is 33.3 Å². The van der Waals surface area contributed by atoms with Gasteiger partial charge in [0, 0.05) is 18.2 Å². The van der Waals surface area contributed by atoms with Gasteiger partial charge in [-0.2, -0.15) is 0 Å². The van der Waals surface area contributed by atoms with Gasteiger partial charge in [0.05, 0.1) is 19.8 Å². The van der Waals surface area contributed by atoms with Gasteiger partial charge in [0.1, 0.15) is 17.0 Å². The number of rotatable bonds is 4. The highest BCUT2D eigenvalue weighted by atomic mass is 19.1. The minimum atomic E-state index is -2.50. The molecule has 27 heavy (non-hydrogen) atoms. The van der Waals surface area contributed by atoms with Crippen LogP contribution in [0.15, 0.2) is 18.2 Å². The highest BCUT2D eigenvalue weighted by molar-refractivity contribution is 5.88. The van der Waals surface area contributed by atoms with Gasteiger partial charge >= 0.3 is 6.09 Å². The minimum Gasteiger partial charge on any atom is -0.444 e. The summed E-state index contributed by atoms with van der Waals surface area (Å²) in [5, 5.41) is 14.5. The maximum Gasteiger partial charge on any atom is 0.408 e. The molecule has 2 atom stereocenters. The minimum absolute atomic E-state index is 0.205. The smallest absolute Gasteiger partial charge is 0.408 e. The molecule has 0 bridgehead atoms. The van der Waals surface area contributed by atoms with Crippen molar-refractivity contribution in [1.29, 1.82) is 0 Å². The average Bonchev–Trinajstić information content (AvgIpc) is 2.85. The van der Waals surface area contributed by atoms with Gasteiger partial charge < -0.3 is 25.2 Å². The topological polar surface area (TPSA) is 96.9 Å². The maximum absolute atomic E-state index is 15.5. The molecule has 0 aromatic heterocycles. The molecular weight excluding hydrogens is 362 g/mol. The summed E-state index contributed by atoms with van der Waals surface area (Å²) in [4.78, 5) is 23.6. The Morgan fingerprint density at radius 3 is 2.56 bits per heavy atom. The average molecular weight is 386 g/mol. The number of hydrogen-bond donors (Lipinski definition) is 3. The highest BCUT2D eigenvalue weighted by Gasteiger charge is 2.60. The molecular formula is C18H24F2N2O5. The second kappa shape index (κ2) is 7.40. The second-order valence-electron chi connectivity index (χ2n) is 7.52. The van der Waals surface area contributed by atoms with Crippen molar-refractivity contribution in [2.45, 2.75) is 44.5 Å². The predicted octanol–water partition coefficient (Wildman–Crippen LogP) is 2.23. The molecule has 0 aliphatic carbocycles. The molecule has 1 saturated heterocycles. The van der Waals surface area contributed by atoms with Crippen LogP contribution in [0.25, 0.3) is 0 Å². The number of nitrogens with one attached hydrogen (secondary N) is 2. The van der Waals surface area contributed by atoms with Crippen molar-refractivity contribution in [3.05, 3.63) is 29.6 Å². The van der Waals surface area contributed by atoms with Gasteiger partial charge in [0.25, 0.3) is 0 Å². The normalized spacial score (nSPS) is 25.1. The molecule has 1 aliphatic rings. The molecule has 1 fully saturated rings. The lowest BCUT2D eigenvalue weighted by atomic mass is 9.78. The first-order valence-electron chi connectivity index (χ1n) is 8.39. The van der Waals surface area contributed by atoms with E-state index in [9.17, 15) is 19.1 Å². The number of aliphatic hydroxyl groups excluding tert-OH is 1. The standard InChI is InChI=1S/C18H24F2N2O5/c1-11(24)21-12-5-6-14(19)13(7-12)18(10-26-9-17(18,20)8-23)22-15(25)27-16(2,3)4/h5-7,23H,8-10H2,1-4H3,(H,21,24)(H,22,25). The van der Waals surface area contributed by atoms with Gasteiger partial charge in [-0.15, -0.1) is 0 Å². The molecule has 1 aromatic rings. The molecule has 150 valence electrons. The fourth-order valence-corrected chi connectivity index (χ4v) is 2.94. The Labute approximate surface area is 156 Å². The van der Waals surface area contributed by atoms with Gasteiger partial charge in [-0.1, -0.05) is 0 Å². The van der Waals surface area contributed by atoms with E-state index in [1.807, 2.05) is 0 Å². The van der Waals surface area contributed by atoms with E-state index in [4.69, 9.17) is 9.47 Å². The molecule has 2 unspecified atom stereocenters. The number of amides is 2. The lowest BCUT2D eigenvalue weighted by Gasteiger charge is -2.39. The summed E-state index contributed by atoms with van der Waals surface area (Å²) in [5.41, 5.74) is -5.48. The van der Waals surface area contributed by atoms with Gasteiger partial charge in [-0.25, -0.2) is 13.6 Å². The summed E-state index contributed by atoms with van der Waals surface area (Å²) in [6.45, 7) is 4.13. The largest absolute Gasteiger partial charge is 0.444 e. The summed E-state index contributed by atoms with van der Waals surface area (Å²) in [7, 11) is 0. The van der Waals surface area contributed by atoms with Crippen LogP contribution in [0.3, 0.4) is 0 Å². The quantitative estimate of drug-likeness (QED) is 0.737. The Morgan fingerprint density at radius 1 is 1.33 bits per heavy atom. The zero-order valence-electron chi connectivity index (χ0n) is 15.7. The van der Waals surface area contributed by atoms with Crippen molar-refractivity contribution < 1.29 is 33.0 Å². The highest BCUT2D eigenvalue weighted by Crippen LogP contribution is 2.43. The number of halogens is 2. The second-order valence-corrected chi connectivity index (χ2v) is 7.52. The van der Waals surface area contributed by atoms with Crippen molar-refractivity contribution in [2.75, 3.05) is 25.1 Å². The monoisotopic (exact) mass is 386 g/mol. The maximum atomic E-state index is 15.5. The SMILES string of the molecule is CC(=O)Nc1ccc(F)c(C2(NC(=O)OC(C)(C)C)COCC2(F)CO)c1. The van der Waals surface area contributed by atoms with Crippen LogP contribution in [-0.4, -0.2) is 48.2 Å². The van der Waals surface area contributed by atoms with Crippen molar-refractivity contribution in [2.24, 2.45) is 0 Å². The van der Waals surface area contributed by atoms with Crippen LogP contribution in [0.4, 0.5) is 19.3 Å². The zero-order valence-corrected chi connectivity index (χ0v) is 15.7. The van der Waals surface area contributed by atoms with E-state index in [2.05, 4.69) is 10.6 Å². The van der Waals surface area contributed by atoms with E-state index in [0.29, 0.717) is 0 Å². The first-order valence-corrected chi connectivity index (χ1v) is 8.39. The van der Waals surface area contributed by atoms with Crippen molar-refractivity contribution in [3.63, 3.8) is 0 Å². The van der Waals surface area contributed by atoms with Crippen LogP contribution in [-0.2, 0) is 19.8 Å². The van der Waals surface area contributed by atoms with E-state index >= 15 is 4.39 Å². The summed E-state index contributed by atoms with van der Waals surface area (Å²) < 4.78 is 40.5. The van der Waals surface area contributed by atoms with Gasteiger partial charge in [-0.05, 0) is 39.0 Å². The van der Waals surface area contributed by atoms with Crippen LogP contribution in [0.5, 0.6) is 0 Å². The number of aliphatic hydroxyl groups is 1. The molecule has 0 saturated carbocycles. The van der Waals surface area contributed by atoms with E-state index in [1.54, 1.807) is 20.8 Å². The fourth-order valence-electron chi connectivity index (χ4n) is 2.94. The Balaban J connectivity index is 2.54.